The van der Waals surface area contributed by atoms with Crippen molar-refractivity contribution in [3.8, 4) is 45.5 Å². The Kier molecular flexibility index (Phi) is 8.72. The van der Waals surface area contributed by atoms with Gasteiger partial charge in [0.1, 0.15) is 23.1 Å². The number of hydrogen-bond acceptors (Lipinski definition) is 4. The molecule has 7 nitrogen and oxygen atoms in total. The van der Waals surface area contributed by atoms with Crippen molar-refractivity contribution in [2.45, 2.75) is 40.0 Å². The molecule has 8 heteroatoms. The van der Waals surface area contributed by atoms with Crippen molar-refractivity contribution < 1.29 is 4.74 Å². The van der Waals surface area contributed by atoms with Crippen molar-refractivity contribution in [2.75, 3.05) is 11.9 Å². The number of ether oxygens (including phenoxy) is 1. The summed E-state index contributed by atoms with van der Waals surface area (Å²) in [6.07, 6.45) is 5.92. The maximum Gasteiger partial charge on any atom is 0.417 e. The van der Waals surface area contributed by atoms with Gasteiger partial charge in [0.15, 0.2) is 0 Å². The SMILES string of the molecule is Cc1cccc(C)c1B1N(C)c2ccc(Oc3ccc4c5cc(-c6cccc7c8ccccc8n(-c8ccccc8)c67)ccc5n(-c5cc(C(C)(C)C)ccn5)c4c3)cc2-c2nccn21. The first-order valence-electron chi connectivity index (χ1n) is 22.4. The van der Waals surface area contributed by atoms with Crippen molar-refractivity contribution in [3.63, 3.8) is 0 Å². The second kappa shape index (κ2) is 14.6. The minimum Gasteiger partial charge on any atom is -0.457 e. The molecule has 0 unspecified atom stereocenters. The maximum atomic E-state index is 6.83. The summed E-state index contributed by atoms with van der Waals surface area (Å²) in [7, 11) is 2.17. The van der Waals surface area contributed by atoms with E-state index >= 15 is 0 Å². The Hall–Kier alpha value is -7.84. The molecular formula is C57H47BN6O. The molecule has 4 aromatic heterocycles. The molecule has 65 heavy (non-hydrogen) atoms. The van der Waals surface area contributed by atoms with E-state index in [1.165, 1.54) is 49.5 Å². The summed E-state index contributed by atoms with van der Waals surface area (Å²) >= 11 is 0. The molecule has 11 aromatic rings. The molecule has 0 radical (unpaired) electrons. The van der Waals surface area contributed by atoms with Gasteiger partial charge in [-0.05, 0) is 116 Å². The Morgan fingerprint density at radius 2 is 1.28 bits per heavy atom. The van der Waals surface area contributed by atoms with E-state index in [4.69, 9.17) is 14.7 Å². The highest BCUT2D eigenvalue weighted by Crippen LogP contribution is 2.43. The van der Waals surface area contributed by atoms with Gasteiger partial charge in [0.25, 0.3) is 0 Å². The number of anilines is 1. The van der Waals surface area contributed by atoms with Crippen LogP contribution in [0.25, 0.3) is 77.6 Å². The number of para-hydroxylation sites is 3. The number of pyridine rings is 1. The highest BCUT2D eigenvalue weighted by Gasteiger charge is 2.37. The van der Waals surface area contributed by atoms with Gasteiger partial charge in [-0.1, -0.05) is 111 Å². The van der Waals surface area contributed by atoms with Crippen LogP contribution < -0.4 is 15.0 Å². The zero-order valence-electron chi connectivity index (χ0n) is 37.4. The van der Waals surface area contributed by atoms with Crippen LogP contribution in [-0.2, 0) is 5.41 Å². The van der Waals surface area contributed by atoms with Gasteiger partial charge in [0.05, 0.1) is 22.1 Å². The van der Waals surface area contributed by atoms with Crippen LogP contribution in [0.3, 0.4) is 0 Å². The van der Waals surface area contributed by atoms with Crippen LogP contribution >= 0.6 is 0 Å². The summed E-state index contributed by atoms with van der Waals surface area (Å²) < 4.78 is 13.8. The number of aryl methyl sites for hydroxylation is 2. The Morgan fingerprint density at radius 1 is 0.554 bits per heavy atom. The number of fused-ring (bicyclic) bond motifs is 9. The smallest absolute Gasteiger partial charge is 0.417 e. The molecule has 0 amide bonds. The van der Waals surface area contributed by atoms with Crippen LogP contribution in [0.1, 0.15) is 37.5 Å². The summed E-state index contributed by atoms with van der Waals surface area (Å²) in [6, 6.07) is 56.7. The van der Waals surface area contributed by atoms with Gasteiger partial charge in [0.2, 0.25) is 0 Å². The van der Waals surface area contributed by atoms with E-state index in [1.807, 2.05) is 12.4 Å². The predicted molar refractivity (Wildman–Crippen MR) is 270 cm³/mol. The zero-order valence-corrected chi connectivity index (χ0v) is 37.4. The Labute approximate surface area is 378 Å². The number of benzene rings is 7. The van der Waals surface area contributed by atoms with Gasteiger partial charge >= 0.3 is 6.98 Å². The lowest BCUT2D eigenvalue weighted by molar-refractivity contribution is 0.483. The van der Waals surface area contributed by atoms with Gasteiger partial charge in [-0.15, -0.1) is 0 Å². The molecular weight excluding hydrogens is 795 g/mol. The molecule has 0 saturated carbocycles. The lowest BCUT2D eigenvalue weighted by Crippen LogP contribution is -2.56. The third-order valence-electron chi connectivity index (χ3n) is 13.5. The third kappa shape index (κ3) is 6.11. The lowest BCUT2D eigenvalue weighted by atomic mass is 9.60. The minimum absolute atomic E-state index is 0.00915. The number of imidazole rings is 1. The second-order valence-electron chi connectivity index (χ2n) is 18.5. The van der Waals surface area contributed by atoms with E-state index in [9.17, 15) is 0 Å². The predicted octanol–water partition coefficient (Wildman–Crippen LogP) is 13.2. The van der Waals surface area contributed by atoms with Crippen LogP contribution in [0.2, 0.25) is 0 Å². The highest BCUT2D eigenvalue weighted by atomic mass is 16.5. The molecule has 0 bridgehead atoms. The molecule has 0 saturated heterocycles. The minimum atomic E-state index is -0.0538. The highest BCUT2D eigenvalue weighted by molar-refractivity contribution is 6.77. The van der Waals surface area contributed by atoms with Crippen molar-refractivity contribution >= 4 is 61.7 Å². The molecule has 1 aliphatic heterocycles. The van der Waals surface area contributed by atoms with E-state index in [2.05, 4.69) is 224 Å². The summed E-state index contributed by atoms with van der Waals surface area (Å²) in [6.45, 7) is 11.1. The van der Waals surface area contributed by atoms with E-state index in [1.54, 1.807) is 0 Å². The Morgan fingerprint density at radius 3 is 2.11 bits per heavy atom. The first kappa shape index (κ1) is 38.8. The molecule has 0 fully saturated rings. The number of nitrogens with zero attached hydrogens (tertiary/aromatic N) is 6. The average Bonchev–Trinajstić information content (AvgIpc) is 4.03. The molecule has 0 spiro atoms. The van der Waals surface area contributed by atoms with Gasteiger partial charge in [-0.2, -0.15) is 0 Å². The Balaban J connectivity index is 1.00. The molecule has 0 atom stereocenters. The summed E-state index contributed by atoms with van der Waals surface area (Å²) in [5.41, 5.74) is 15.1. The van der Waals surface area contributed by atoms with Crippen molar-refractivity contribution in [1.29, 1.82) is 0 Å². The van der Waals surface area contributed by atoms with Crippen molar-refractivity contribution in [3.05, 3.63) is 193 Å². The van der Waals surface area contributed by atoms with Crippen LogP contribution in [0, 0.1) is 13.8 Å². The molecule has 12 rings (SSSR count). The summed E-state index contributed by atoms with van der Waals surface area (Å²) in [5, 5.41) is 4.74. The van der Waals surface area contributed by atoms with E-state index < -0.39 is 0 Å². The van der Waals surface area contributed by atoms with E-state index in [0.29, 0.717) is 0 Å². The monoisotopic (exact) mass is 842 g/mol. The first-order chi connectivity index (χ1) is 31.6. The number of hydrogen-bond donors (Lipinski definition) is 0. The van der Waals surface area contributed by atoms with E-state index in [-0.39, 0.29) is 12.4 Å². The fourth-order valence-corrected chi connectivity index (χ4v) is 10.4. The van der Waals surface area contributed by atoms with Crippen LogP contribution in [0.5, 0.6) is 11.5 Å². The van der Waals surface area contributed by atoms with Crippen molar-refractivity contribution in [2.24, 2.45) is 0 Å². The lowest BCUT2D eigenvalue weighted by Gasteiger charge is -2.36. The van der Waals surface area contributed by atoms with Crippen molar-refractivity contribution in [1.82, 2.24) is 23.6 Å². The molecule has 7 aromatic carbocycles. The van der Waals surface area contributed by atoms with E-state index in [0.717, 1.165) is 67.4 Å². The molecule has 0 aliphatic carbocycles. The first-order valence-corrected chi connectivity index (χ1v) is 22.4. The summed E-state index contributed by atoms with van der Waals surface area (Å²) in [4.78, 5) is 12.3. The molecule has 5 heterocycles. The molecule has 314 valence electrons. The van der Waals surface area contributed by atoms with Gasteiger partial charge in [0, 0.05) is 68.7 Å². The van der Waals surface area contributed by atoms with Crippen LogP contribution in [0.4, 0.5) is 5.69 Å². The standard InChI is InChI=1S/C57H47BN6O/c1-36-14-12-15-37(2)54(36)58-61(6)49-27-24-41(34-48(49)56-60-30-31-62(56)58)65-42-23-25-45-47-32-38(22-26-51(47)64(52(45)35-42)53-33-39(28-29-59-53)57(3,4)5)43-19-13-20-46-44-18-10-11-21-50(44)63(55(43)46)40-16-8-7-9-17-40/h7-35H,1-6H3. The zero-order chi connectivity index (χ0) is 44.1. The normalized spacial score (nSPS) is 12.7. The van der Waals surface area contributed by atoms with Gasteiger partial charge in [-0.25, -0.2) is 9.97 Å². The molecule has 1 aliphatic rings. The quantitative estimate of drug-likeness (QED) is 0.157. The fourth-order valence-electron chi connectivity index (χ4n) is 10.4. The Bertz CT molecular complexity index is 3660. The number of rotatable bonds is 6. The second-order valence-corrected chi connectivity index (χ2v) is 18.5. The number of aromatic nitrogens is 5. The van der Waals surface area contributed by atoms with Gasteiger partial charge < -0.3 is 18.6 Å². The topological polar surface area (TPSA) is 53.0 Å². The fraction of sp³-hybridized carbons (Fsp3) is 0.123. The summed E-state index contributed by atoms with van der Waals surface area (Å²) in [5.74, 6) is 3.28. The van der Waals surface area contributed by atoms with Gasteiger partial charge in [-0.3, -0.25) is 4.57 Å². The third-order valence-corrected chi connectivity index (χ3v) is 13.5. The van der Waals surface area contributed by atoms with Crippen LogP contribution in [0.15, 0.2) is 176 Å². The maximum absolute atomic E-state index is 6.83. The molecule has 0 N–H and O–H groups in total. The largest absolute Gasteiger partial charge is 0.457 e. The van der Waals surface area contributed by atoms with Crippen LogP contribution in [-0.4, -0.2) is 37.6 Å². The average molecular weight is 843 g/mol.